The highest BCUT2D eigenvalue weighted by Gasteiger charge is 2.36. The predicted octanol–water partition coefficient (Wildman–Crippen LogP) is 6.00. The van der Waals surface area contributed by atoms with Gasteiger partial charge >= 0.3 is 5.97 Å². The number of aliphatic imine (C=N–C) groups is 2. The van der Waals surface area contributed by atoms with Crippen molar-refractivity contribution in [3.8, 4) is 28.7 Å². The summed E-state index contributed by atoms with van der Waals surface area (Å²) in [5, 5.41) is 0. The monoisotopic (exact) mass is 881 g/mol. The molecule has 17 heteroatoms. The summed E-state index contributed by atoms with van der Waals surface area (Å²) in [6.07, 6.45) is 9.43. The van der Waals surface area contributed by atoms with E-state index in [1.165, 1.54) is 32.5 Å². The van der Waals surface area contributed by atoms with Gasteiger partial charge in [-0.2, -0.15) is 0 Å². The van der Waals surface area contributed by atoms with Crippen molar-refractivity contribution in [3.05, 3.63) is 82.2 Å². The van der Waals surface area contributed by atoms with E-state index in [0.29, 0.717) is 109 Å². The lowest BCUT2D eigenvalue weighted by Crippen LogP contribution is -2.35. The molecule has 2 saturated heterocycles. The average molecular weight is 882 g/mol. The second-order valence-corrected chi connectivity index (χ2v) is 15.3. The number of nitrogens with zero attached hydrogens (tertiary/aromatic N) is 5. The van der Waals surface area contributed by atoms with Crippen molar-refractivity contribution >= 4 is 41.6 Å². The largest absolute Gasteiger partial charge is 0.493 e. The molecule has 2 amide bonds. The van der Waals surface area contributed by atoms with Gasteiger partial charge in [-0.25, -0.2) is 0 Å². The Morgan fingerprint density at radius 3 is 1.55 bits per heavy atom. The predicted molar refractivity (Wildman–Crippen MR) is 236 cm³/mol. The van der Waals surface area contributed by atoms with E-state index in [1.807, 2.05) is 36.1 Å². The van der Waals surface area contributed by atoms with Crippen molar-refractivity contribution < 1.29 is 57.0 Å². The number of rotatable bonds is 21. The Labute approximate surface area is 372 Å². The smallest absolute Gasteiger partial charge is 0.307 e. The van der Waals surface area contributed by atoms with E-state index in [2.05, 4.69) is 16.9 Å². The quantitative estimate of drug-likeness (QED) is 0.0692. The fraction of sp³-hybridized carbons (Fsp3) is 0.447. The zero-order valence-corrected chi connectivity index (χ0v) is 37.0. The number of ether oxygens (including phenoxy) is 9. The minimum absolute atomic E-state index is 0.0161. The summed E-state index contributed by atoms with van der Waals surface area (Å²) in [5.74, 6) is 1.51. The summed E-state index contributed by atoms with van der Waals surface area (Å²) < 4.78 is 51.4. The highest BCUT2D eigenvalue weighted by atomic mass is 16.6. The third-order valence-corrected chi connectivity index (χ3v) is 11.2. The van der Waals surface area contributed by atoms with E-state index in [9.17, 15) is 14.4 Å². The number of hydrogen-bond donors (Lipinski definition) is 0. The molecule has 0 aliphatic carbocycles. The fourth-order valence-corrected chi connectivity index (χ4v) is 7.70. The third-order valence-electron chi connectivity index (χ3n) is 11.2. The van der Waals surface area contributed by atoms with Crippen LogP contribution >= 0.6 is 0 Å². The number of hydrogen-bond acceptors (Lipinski definition) is 15. The van der Waals surface area contributed by atoms with Gasteiger partial charge in [-0.05, 0) is 38.8 Å². The van der Waals surface area contributed by atoms with Gasteiger partial charge in [-0.3, -0.25) is 29.4 Å². The van der Waals surface area contributed by atoms with Crippen molar-refractivity contribution in [2.45, 2.75) is 58.4 Å². The summed E-state index contributed by atoms with van der Waals surface area (Å²) in [6, 6.07) is 10.1. The van der Waals surface area contributed by atoms with Gasteiger partial charge in [0.15, 0.2) is 23.0 Å². The van der Waals surface area contributed by atoms with Crippen molar-refractivity contribution in [1.82, 2.24) is 14.8 Å². The SMILES string of the molecule is C/C=C1\C[C@H]2C=Nc3cc(OCc4cc(OCCOCCOCCOCCC(=O)OC)cc(COc5cc6c(cc5OC)C(=O)N5C/C(=C/C)C[C@H]5C=N6)n4)c(OC)cc3C(=O)N2C1. The molecule has 7 rings (SSSR count). The zero-order chi connectivity index (χ0) is 45.0. The molecule has 2 aromatic carbocycles. The zero-order valence-electron chi connectivity index (χ0n) is 37.0. The number of fused-ring (bicyclic) bond motifs is 4. The number of esters is 1. The highest BCUT2D eigenvalue weighted by molar-refractivity contribution is 6.04. The number of aromatic nitrogens is 1. The average Bonchev–Trinajstić information content (AvgIpc) is 3.89. The number of allylic oxidation sites excluding steroid dienone is 2. The van der Waals surface area contributed by atoms with Crippen LogP contribution in [0.4, 0.5) is 11.4 Å². The first-order valence-corrected chi connectivity index (χ1v) is 21.3. The van der Waals surface area contributed by atoms with Crippen LogP contribution < -0.4 is 23.7 Å². The molecule has 0 unspecified atom stereocenters. The maximum atomic E-state index is 13.6. The van der Waals surface area contributed by atoms with Gasteiger partial charge in [0.25, 0.3) is 11.8 Å². The molecule has 1 aromatic heterocycles. The molecule has 4 aliphatic heterocycles. The molecule has 2 atom stereocenters. The Morgan fingerprint density at radius 2 is 1.09 bits per heavy atom. The van der Waals surface area contributed by atoms with Crippen LogP contribution in [-0.2, 0) is 37.0 Å². The first kappa shape index (κ1) is 45.7. The van der Waals surface area contributed by atoms with Gasteiger partial charge in [0.2, 0.25) is 0 Å². The molecule has 0 saturated carbocycles. The summed E-state index contributed by atoms with van der Waals surface area (Å²) in [6.45, 7) is 7.35. The number of carbonyl (C=O) groups excluding carboxylic acids is 3. The van der Waals surface area contributed by atoms with E-state index < -0.39 is 0 Å². The van der Waals surface area contributed by atoms with Crippen LogP contribution in [0.1, 0.15) is 65.2 Å². The van der Waals surface area contributed by atoms with Crippen molar-refractivity contribution in [2.24, 2.45) is 9.98 Å². The van der Waals surface area contributed by atoms with Gasteiger partial charge < -0.3 is 52.4 Å². The standard InChI is InChI=1S/C47H55N5O12/c1-6-30-16-34-24-48-39-22-43(41(56-3)20-37(39)46(54)51(34)26-30)63-28-32-18-36(62-15-14-61-13-12-60-11-10-59-9-8-45(53)58-5)19-33(50-32)29-64-44-23-40-38(21-42(44)57-4)47(55)52-27-31(7-2)17-35(52)25-49-40/h6-7,18-25,34-35H,8-17,26-29H2,1-5H3/b30-6+,31-7+/t34-,35-/m0/s1. The lowest BCUT2D eigenvalue weighted by molar-refractivity contribution is -0.141. The topological polar surface area (TPSA) is 178 Å². The maximum absolute atomic E-state index is 13.6. The maximum Gasteiger partial charge on any atom is 0.307 e. The number of methoxy groups -OCH3 is 3. The first-order valence-electron chi connectivity index (χ1n) is 21.3. The molecule has 5 heterocycles. The highest BCUT2D eigenvalue weighted by Crippen LogP contribution is 2.41. The third kappa shape index (κ3) is 11.1. The fourth-order valence-electron chi connectivity index (χ4n) is 7.70. The van der Waals surface area contributed by atoms with Crippen molar-refractivity contribution in [1.29, 1.82) is 0 Å². The molecular weight excluding hydrogens is 827 g/mol. The van der Waals surface area contributed by atoms with Crippen molar-refractivity contribution in [2.75, 3.05) is 80.7 Å². The Hall–Kier alpha value is -6.30. The molecule has 3 aromatic rings. The van der Waals surface area contributed by atoms with Gasteiger partial charge in [-0.1, -0.05) is 23.3 Å². The minimum atomic E-state index is -0.321. The minimum Gasteiger partial charge on any atom is -0.493 e. The van der Waals surface area contributed by atoms with Gasteiger partial charge in [-0.15, -0.1) is 0 Å². The van der Waals surface area contributed by atoms with Crippen molar-refractivity contribution in [3.63, 3.8) is 0 Å². The number of benzene rings is 2. The Bertz CT molecular complexity index is 2170. The molecule has 0 N–H and O–H groups in total. The second-order valence-electron chi connectivity index (χ2n) is 15.3. The van der Waals surface area contributed by atoms with Crippen LogP contribution in [0, 0.1) is 0 Å². The Morgan fingerprint density at radius 1 is 0.625 bits per heavy atom. The molecule has 4 aliphatic rings. The molecule has 17 nitrogen and oxygen atoms in total. The number of carbonyl (C=O) groups is 3. The van der Waals surface area contributed by atoms with Crippen LogP contribution in [-0.4, -0.2) is 138 Å². The van der Waals surface area contributed by atoms with Crippen LogP contribution in [0.3, 0.4) is 0 Å². The number of pyridine rings is 1. The van der Waals surface area contributed by atoms with E-state index in [0.717, 1.165) is 12.8 Å². The lowest BCUT2D eigenvalue weighted by atomic mass is 10.1. The van der Waals surface area contributed by atoms with Crippen LogP contribution in [0.25, 0.3) is 0 Å². The lowest BCUT2D eigenvalue weighted by Gasteiger charge is -2.20. The van der Waals surface area contributed by atoms with Crippen LogP contribution in [0.2, 0.25) is 0 Å². The summed E-state index contributed by atoms with van der Waals surface area (Å²) >= 11 is 0. The molecule has 64 heavy (non-hydrogen) atoms. The van der Waals surface area contributed by atoms with E-state index >= 15 is 0 Å². The van der Waals surface area contributed by atoms with Gasteiger partial charge in [0.05, 0.1) is 113 Å². The molecular formula is C47H55N5O12. The normalized spacial score (nSPS) is 18.6. The molecule has 0 bridgehead atoms. The van der Waals surface area contributed by atoms with E-state index in [4.69, 9.17) is 52.9 Å². The molecule has 0 spiro atoms. The molecule has 0 radical (unpaired) electrons. The Kier molecular flexibility index (Phi) is 15.6. The summed E-state index contributed by atoms with van der Waals surface area (Å²) in [5.41, 5.74) is 5.32. The van der Waals surface area contributed by atoms with E-state index in [1.54, 1.807) is 36.4 Å². The van der Waals surface area contributed by atoms with Crippen LogP contribution in [0.5, 0.6) is 28.7 Å². The van der Waals surface area contributed by atoms with E-state index in [-0.39, 0.29) is 62.7 Å². The van der Waals surface area contributed by atoms with Gasteiger partial charge in [0.1, 0.15) is 25.6 Å². The molecule has 2 fully saturated rings. The summed E-state index contributed by atoms with van der Waals surface area (Å²) in [4.78, 5) is 56.4. The first-order chi connectivity index (χ1) is 31.2. The van der Waals surface area contributed by atoms with Gasteiger partial charge in [0, 0.05) is 49.8 Å². The second kappa shape index (κ2) is 21.9. The Balaban J connectivity index is 1.03. The summed E-state index contributed by atoms with van der Waals surface area (Å²) in [7, 11) is 4.39. The number of amides is 2. The molecule has 340 valence electrons. The van der Waals surface area contributed by atoms with Crippen LogP contribution in [0.15, 0.2) is 69.7 Å².